The van der Waals surface area contributed by atoms with E-state index in [1.807, 2.05) is 39.0 Å². The lowest BCUT2D eigenvalue weighted by molar-refractivity contribution is 0.463. The second-order valence-corrected chi connectivity index (χ2v) is 4.53. The first-order valence-electron chi connectivity index (χ1n) is 5.37. The molecule has 0 aliphatic heterocycles. The van der Waals surface area contributed by atoms with Crippen LogP contribution in [0, 0.1) is 6.92 Å². The van der Waals surface area contributed by atoms with E-state index in [1.165, 1.54) is 0 Å². The lowest BCUT2D eigenvalue weighted by atomic mass is 9.95. The number of phenols is 1. The van der Waals surface area contributed by atoms with Gasteiger partial charge in [0.05, 0.1) is 0 Å². The highest BCUT2D eigenvalue weighted by Crippen LogP contribution is 2.36. The molecule has 0 saturated carbocycles. The minimum absolute atomic E-state index is 0.239. The predicted molar refractivity (Wildman–Crippen MR) is 70.0 cm³/mol. The fourth-order valence-electron chi connectivity index (χ4n) is 1.60. The monoisotopic (exact) mass is 239 g/mol. The molecule has 88 valence electrons. The van der Waals surface area contributed by atoms with Crippen molar-refractivity contribution in [2.24, 2.45) is 5.73 Å². The van der Waals surface area contributed by atoms with Crippen molar-refractivity contribution in [2.75, 3.05) is 6.54 Å². The number of phenolic OH excluding ortho intramolecular Hbond substituents is 1. The van der Waals surface area contributed by atoms with Gasteiger partial charge < -0.3 is 10.8 Å². The maximum atomic E-state index is 10.1. The van der Waals surface area contributed by atoms with Crippen molar-refractivity contribution >= 4 is 17.7 Å². The van der Waals surface area contributed by atoms with Crippen molar-refractivity contribution in [3.8, 4) is 5.75 Å². The molecule has 0 aliphatic rings. The Balaban J connectivity index is 3.39. The van der Waals surface area contributed by atoms with Crippen LogP contribution < -0.4 is 5.73 Å². The molecule has 0 heterocycles. The van der Waals surface area contributed by atoms with Crippen molar-refractivity contribution in [3.63, 3.8) is 0 Å². The van der Waals surface area contributed by atoms with Gasteiger partial charge in [0, 0.05) is 17.1 Å². The van der Waals surface area contributed by atoms with Crippen LogP contribution in [-0.4, -0.2) is 11.7 Å². The summed E-state index contributed by atoms with van der Waals surface area (Å²) in [6.07, 6.45) is 3.63. The van der Waals surface area contributed by atoms with Gasteiger partial charge in [0.25, 0.3) is 0 Å². The highest BCUT2D eigenvalue weighted by Gasteiger charge is 2.14. The molecule has 2 nitrogen and oxygen atoms in total. The van der Waals surface area contributed by atoms with Gasteiger partial charge in [0.2, 0.25) is 0 Å². The normalized spacial score (nSPS) is 11.6. The van der Waals surface area contributed by atoms with Crippen LogP contribution in [0.4, 0.5) is 0 Å². The summed E-state index contributed by atoms with van der Waals surface area (Å²) in [7, 11) is 0. The van der Waals surface area contributed by atoms with Gasteiger partial charge in [0.15, 0.2) is 0 Å². The molecular formula is C13H18ClNO. The number of hydrogen-bond donors (Lipinski definition) is 2. The van der Waals surface area contributed by atoms with Crippen LogP contribution in [-0.2, 0) is 0 Å². The molecule has 0 saturated heterocycles. The first kappa shape index (κ1) is 13.1. The Kier molecular flexibility index (Phi) is 4.39. The fraction of sp³-hybridized carbons (Fsp3) is 0.385. The molecule has 0 unspecified atom stereocenters. The molecule has 0 fully saturated rings. The number of rotatable bonds is 3. The van der Waals surface area contributed by atoms with Gasteiger partial charge in [-0.2, -0.15) is 0 Å². The second kappa shape index (κ2) is 5.37. The van der Waals surface area contributed by atoms with E-state index in [0.29, 0.717) is 17.3 Å². The maximum Gasteiger partial charge on any atom is 0.126 e. The Morgan fingerprint density at radius 1 is 1.50 bits per heavy atom. The van der Waals surface area contributed by atoms with Crippen LogP contribution in [0.15, 0.2) is 12.1 Å². The molecule has 1 rings (SSSR count). The molecule has 0 spiro atoms. The minimum Gasteiger partial charge on any atom is -0.507 e. The molecule has 0 aromatic heterocycles. The molecule has 1 aromatic carbocycles. The summed E-state index contributed by atoms with van der Waals surface area (Å²) in [5.41, 5.74) is 7.93. The highest BCUT2D eigenvalue weighted by atomic mass is 35.5. The van der Waals surface area contributed by atoms with Crippen LogP contribution in [0.3, 0.4) is 0 Å². The summed E-state index contributed by atoms with van der Waals surface area (Å²) < 4.78 is 0. The Morgan fingerprint density at radius 2 is 2.12 bits per heavy atom. The molecular weight excluding hydrogens is 222 g/mol. The average molecular weight is 240 g/mol. The van der Waals surface area contributed by atoms with Crippen molar-refractivity contribution in [2.45, 2.75) is 26.7 Å². The zero-order valence-electron chi connectivity index (χ0n) is 9.92. The number of nitrogens with two attached hydrogens (primary N) is 1. The zero-order chi connectivity index (χ0) is 12.3. The van der Waals surface area contributed by atoms with Gasteiger partial charge in [-0.25, -0.2) is 0 Å². The van der Waals surface area contributed by atoms with E-state index < -0.39 is 0 Å². The Morgan fingerprint density at radius 3 is 2.62 bits per heavy atom. The molecule has 1 aromatic rings. The lowest BCUT2D eigenvalue weighted by Gasteiger charge is -2.14. The van der Waals surface area contributed by atoms with E-state index in [0.717, 1.165) is 16.7 Å². The van der Waals surface area contributed by atoms with Crippen molar-refractivity contribution in [3.05, 3.63) is 33.9 Å². The molecule has 0 radical (unpaired) electrons. The summed E-state index contributed by atoms with van der Waals surface area (Å²) in [6.45, 7) is 6.39. The smallest absolute Gasteiger partial charge is 0.126 e. The molecule has 0 amide bonds. The first-order valence-corrected chi connectivity index (χ1v) is 5.75. The number of benzene rings is 1. The van der Waals surface area contributed by atoms with E-state index in [9.17, 15) is 5.11 Å². The fourth-order valence-corrected chi connectivity index (χ4v) is 1.82. The Labute approximate surface area is 102 Å². The molecule has 3 heteroatoms. The van der Waals surface area contributed by atoms with E-state index in [-0.39, 0.29) is 5.92 Å². The maximum absolute atomic E-state index is 10.1. The molecule has 0 aliphatic carbocycles. The van der Waals surface area contributed by atoms with E-state index in [2.05, 4.69) is 0 Å². The number of hydrogen-bond acceptors (Lipinski definition) is 2. The molecule has 3 N–H and O–H groups in total. The summed E-state index contributed by atoms with van der Waals surface area (Å²) in [6, 6.07) is 1.83. The number of halogens is 1. The second-order valence-electron chi connectivity index (χ2n) is 4.13. The quantitative estimate of drug-likeness (QED) is 0.849. The standard InChI is InChI=1S/C13H18ClNO/c1-8(2)11-7-12(14)9(3)10(13(11)16)5-4-6-15/h4-5,7-8,16H,6,15H2,1-3H3/b5-4+. The van der Waals surface area contributed by atoms with Crippen LogP contribution >= 0.6 is 11.6 Å². The third-order valence-corrected chi connectivity index (χ3v) is 3.01. The predicted octanol–water partition coefficient (Wildman–Crippen LogP) is 3.45. The van der Waals surface area contributed by atoms with Gasteiger partial charge in [-0.15, -0.1) is 0 Å². The topological polar surface area (TPSA) is 46.2 Å². The van der Waals surface area contributed by atoms with Crippen LogP contribution in [0.1, 0.15) is 36.5 Å². The SMILES string of the molecule is Cc1c(Cl)cc(C(C)C)c(O)c1/C=C/CN. The summed E-state index contributed by atoms with van der Waals surface area (Å²) >= 11 is 6.14. The van der Waals surface area contributed by atoms with Gasteiger partial charge in [-0.05, 0) is 30.0 Å². The third-order valence-electron chi connectivity index (χ3n) is 2.62. The zero-order valence-corrected chi connectivity index (χ0v) is 10.7. The minimum atomic E-state index is 0.239. The largest absolute Gasteiger partial charge is 0.507 e. The summed E-state index contributed by atoms with van der Waals surface area (Å²) in [5, 5.41) is 10.8. The average Bonchev–Trinajstić information content (AvgIpc) is 2.23. The third kappa shape index (κ3) is 2.57. The van der Waals surface area contributed by atoms with Crippen LogP contribution in [0.5, 0.6) is 5.75 Å². The van der Waals surface area contributed by atoms with Crippen molar-refractivity contribution in [1.82, 2.24) is 0 Å². The van der Waals surface area contributed by atoms with Crippen molar-refractivity contribution in [1.29, 1.82) is 0 Å². The van der Waals surface area contributed by atoms with Crippen LogP contribution in [0.2, 0.25) is 5.02 Å². The number of aromatic hydroxyl groups is 1. The Hall–Kier alpha value is -0.990. The Bertz CT molecular complexity index is 411. The van der Waals surface area contributed by atoms with Gasteiger partial charge in [0.1, 0.15) is 5.75 Å². The molecule has 0 atom stereocenters. The van der Waals surface area contributed by atoms with Gasteiger partial charge in [-0.1, -0.05) is 37.6 Å². The van der Waals surface area contributed by atoms with Crippen molar-refractivity contribution < 1.29 is 5.11 Å². The highest BCUT2D eigenvalue weighted by molar-refractivity contribution is 6.31. The molecule has 0 bridgehead atoms. The summed E-state index contributed by atoms with van der Waals surface area (Å²) in [5.74, 6) is 0.546. The van der Waals surface area contributed by atoms with Gasteiger partial charge >= 0.3 is 0 Å². The lowest BCUT2D eigenvalue weighted by Crippen LogP contribution is -1.96. The van der Waals surface area contributed by atoms with Crippen LogP contribution in [0.25, 0.3) is 6.08 Å². The summed E-state index contributed by atoms with van der Waals surface area (Å²) in [4.78, 5) is 0. The molecule has 16 heavy (non-hydrogen) atoms. The van der Waals surface area contributed by atoms with E-state index in [1.54, 1.807) is 0 Å². The van der Waals surface area contributed by atoms with Gasteiger partial charge in [-0.3, -0.25) is 0 Å². The van der Waals surface area contributed by atoms with E-state index in [4.69, 9.17) is 17.3 Å². The first-order chi connectivity index (χ1) is 7.49. The van der Waals surface area contributed by atoms with E-state index >= 15 is 0 Å².